The fourth-order valence-electron chi connectivity index (χ4n) is 4.55. The lowest BCUT2D eigenvalue weighted by molar-refractivity contribution is -0.138. The maximum atomic E-state index is 12.9. The summed E-state index contributed by atoms with van der Waals surface area (Å²) >= 11 is 0. The molecule has 10 heteroatoms. The largest absolute Gasteiger partial charge is 0.480 e. The number of carboxylic acid groups (broad SMARTS) is 1. The third kappa shape index (κ3) is 7.78. The van der Waals surface area contributed by atoms with Crippen LogP contribution in [-0.2, 0) is 26.2 Å². The zero-order chi connectivity index (χ0) is 30.4. The molecule has 0 aliphatic carbocycles. The third-order valence-corrected chi connectivity index (χ3v) is 7.15. The highest BCUT2D eigenvalue weighted by atomic mass is 16.4. The summed E-state index contributed by atoms with van der Waals surface area (Å²) in [5.41, 5.74) is 4.90. The Morgan fingerprint density at radius 3 is 2.12 bits per heavy atom. The molecule has 0 saturated carbocycles. The van der Waals surface area contributed by atoms with Crippen molar-refractivity contribution in [1.29, 1.82) is 0 Å². The van der Waals surface area contributed by atoms with Gasteiger partial charge in [-0.2, -0.15) is 5.10 Å². The number of rotatable bonds is 10. The second-order valence-electron chi connectivity index (χ2n) is 11.8. The Balaban J connectivity index is 1.44. The van der Waals surface area contributed by atoms with Gasteiger partial charge in [0.2, 0.25) is 11.8 Å². The van der Waals surface area contributed by atoms with Crippen LogP contribution in [0.15, 0.2) is 66.0 Å². The van der Waals surface area contributed by atoms with Gasteiger partial charge in [-0.25, -0.2) is 9.97 Å². The van der Waals surface area contributed by atoms with E-state index in [1.165, 1.54) is 5.56 Å². The highest BCUT2D eigenvalue weighted by molar-refractivity contribution is 5.97. The minimum absolute atomic E-state index is 0.0825. The summed E-state index contributed by atoms with van der Waals surface area (Å²) in [4.78, 5) is 45.9. The van der Waals surface area contributed by atoms with Crippen molar-refractivity contribution in [1.82, 2.24) is 25.6 Å². The number of hydrazone groups is 1. The summed E-state index contributed by atoms with van der Waals surface area (Å²) in [5, 5.41) is 20.2. The van der Waals surface area contributed by atoms with Gasteiger partial charge in [-0.05, 0) is 36.0 Å². The predicted octanol–water partition coefficient (Wildman–Crippen LogP) is 3.66. The SMILES string of the molecule is CC(C)N1CC(C(=O)N[C@@H](Cc2ccc(-c3ncc(-c4ccc(C(C)(C)C)cc4)cn3)cc2)C(=O)NCC(=O)O)C=N1. The Bertz CT molecular complexity index is 1430. The van der Waals surface area contributed by atoms with E-state index >= 15 is 0 Å². The van der Waals surface area contributed by atoms with E-state index in [-0.39, 0.29) is 23.8 Å². The fraction of sp³-hybridized carbons (Fsp3) is 0.375. The summed E-state index contributed by atoms with van der Waals surface area (Å²) in [6.07, 6.45) is 5.35. The standard InChI is InChI=1S/C32H38N6O4/c1-20(2)38-19-25(17-36-38)30(41)37-27(31(42)35-18-28(39)40)14-21-6-8-23(9-7-21)29-33-15-24(16-34-29)22-10-12-26(13-11-22)32(3,4)5/h6-13,15-17,20,25,27H,14,18-19H2,1-5H3,(H,35,42)(H,37,41)(H,39,40)/t25?,27-/m0/s1. The Morgan fingerprint density at radius 2 is 1.57 bits per heavy atom. The molecule has 1 unspecified atom stereocenters. The number of benzene rings is 2. The highest BCUT2D eigenvalue weighted by Crippen LogP contribution is 2.26. The molecule has 3 N–H and O–H groups in total. The minimum atomic E-state index is -1.17. The average molecular weight is 571 g/mol. The first-order chi connectivity index (χ1) is 19.9. The molecular weight excluding hydrogens is 532 g/mol. The van der Waals surface area contributed by atoms with E-state index in [1.807, 2.05) is 38.1 Å². The van der Waals surface area contributed by atoms with Crippen LogP contribution in [0.4, 0.5) is 0 Å². The van der Waals surface area contributed by atoms with Gasteiger partial charge in [0.1, 0.15) is 12.6 Å². The molecule has 1 aliphatic rings. The minimum Gasteiger partial charge on any atom is -0.480 e. The molecule has 10 nitrogen and oxygen atoms in total. The van der Waals surface area contributed by atoms with Gasteiger partial charge in [-0.1, -0.05) is 69.3 Å². The number of aliphatic carboxylic acids is 1. The van der Waals surface area contributed by atoms with Crippen LogP contribution in [0.25, 0.3) is 22.5 Å². The number of hydrogen-bond donors (Lipinski definition) is 3. The Labute approximate surface area is 246 Å². The number of hydrogen-bond acceptors (Lipinski definition) is 7. The van der Waals surface area contributed by atoms with Gasteiger partial charge in [-0.3, -0.25) is 19.4 Å². The van der Waals surface area contributed by atoms with Gasteiger partial charge in [-0.15, -0.1) is 0 Å². The molecule has 220 valence electrons. The van der Waals surface area contributed by atoms with E-state index in [4.69, 9.17) is 5.11 Å². The number of nitrogens with one attached hydrogen (secondary N) is 2. The van der Waals surface area contributed by atoms with Crippen molar-refractivity contribution >= 4 is 24.0 Å². The van der Waals surface area contributed by atoms with Gasteiger partial charge in [0.05, 0.1) is 12.5 Å². The normalized spacial score (nSPS) is 15.5. The van der Waals surface area contributed by atoms with Crippen molar-refractivity contribution in [3.8, 4) is 22.5 Å². The first-order valence-electron chi connectivity index (χ1n) is 14.0. The Kier molecular flexibility index (Phi) is 9.35. The second-order valence-corrected chi connectivity index (χ2v) is 11.8. The molecule has 0 bridgehead atoms. The number of aromatic nitrogens is 2. The van der Waals surface area contributed by atoms with E-state index in [2.05, 4.69) is 70.7 Å². The van der Waals surface area contributed by atoms with Crippen LogP contribution in [0, 0.1) is 5.92 Å². The predicted molar refractivity (Wildman–Crippen MR) is 162 cm³/mol. The first kappa shape index (κ1) is 30.4. The lowest BCUT2D eigenvalue weighted by Crippen LogP contribution is -2.51. The lowest BCUT2D eigenvalue weighted by atomic mass is 9.86. The summed E-state index contributed by atoms with van der Waals surface area (Å²) in [7, 11) is 0. The summed E-state index contributed by atoms with van der Waals surface area (Å²) < 4.78 is 0. The van der Waals surface area contributed by atoms with Gasteiger partial charge in [0.25, 0.3) is 0 Å². The molecule has 1 aromatic heterocycles. The van der Waals surface area contributed by atoms with Crippen LogP contribution >= 0.6 is 0 Å². The number of amides is 2. The summed E-state index contributed by atoms with van der Waals surface area (Å²) in [6, 6.07) is 15.0. The molecule has 0 radical (unpaired) electrons. The number of carboxylic acids is 1. The van der Waals surface area contributed by atoms with Crippen molar-refractivity contribution in [2.45, 2.75) is 58.5 Å². The maximum absolute atomic E-state index is 12.9. The molecular formula is C32H38N6O4. The monoisotopic (exact) mass is 570 g/mol. The molecule has 1 aliphatic heterocycles. The van der Waals surface area contributed by atoms with Crippen LogP contribution in [0.1, 0.15) is 45.7 Å². The third-order valence-electron chi connectivity index (χ3n) is 7.15. The number of nitrogens with zero attached hydrogens (tertiary/aromatic N) is 4. The molecule has 0 fully saturated rings. The van der Waals surface area contributed by atoms with Crippen molar-refractivity contribution in [3.05, 3.63) is 72.1 Å². The number of carbonyl (C=O) groups excluding carboxylic acids is 2. The molecule has 0 spiro atoms. The number of carbonyl (C=O) groups is 3. The van der Waals surface area contributed by atoms with Crippen molar-refractivity contribution < 1.29 is 19.5 Å². The molecule has 4 rings (SSSR count). The van der Waals surface area contributed by atoms with Crippen molar-refractivity contribution in [2.24, 2.45) is 11.0 Å². The zero-order valence-corrected chi connectivity index (χ0v) is 24.7. The fourth-order valence-corrected chi connectivity index (χ4v) is 4.55. The summed E-state index contributed by atoms with van der Waals surface area (Å²) in [5.74, 6) is -2.01. The van der Waals surface area contributed by atoms with E-state index in [1.54, 1.807) is 23.6 Å². The van der Waals surface area contributed by atoms with Gasteiger partial charge < -0.3 is 15.7 Å². The quantitative estimate of drug-likeness (QED) is 0.338. The zero-order valence-electron chi connectivity index (χ0n) is 24.7. The van der Waals surface area contributed by atoms with Gasteiger partial charge >= 0.3 is 5.97 Å². The van der Waals surface area contributed by atoms with Crippen LogP contribution in [-0.4, -0.2) is 69.3 Å². The molecule has 0 saturated heterocycles. The molecule has 42 heavy (non-hydrogen) atoms. The lowest BCUT2D eigenvalue weighted by Gasteiger charge is -2.22. The van der Waals surface area contributed by atoms with E-state index in [0.29, 0.717) is 12.4 Å². The van der Waals surface area contributed by atoms with Crippen molar-refractivity contribution in [2.75, 3.05) is 13.1 Å². The molecule has 2 heterocycles. The van der Waals surface area contributed by atoms with E-state index in [0.717, 1.165) is 22.3 Å². The van der Waals surface area contributed by atoms with Gasteiger partial charge in [0, 0.05) is 42.2 Å². The molecule has 2 atom stereocenters. The second kappa shape index (κ2) is 12.9. The summed E-state index contributed by atoms with van der Waals surface area (Å²) in [6.45, 7) is 10.4. The van der Waals surface area contributed by atoms with Gasteiger partial charge in [0.15, 0.2) is 5.82 Å². The van der Waals surface area contributed by atoms with Crippen LogP contribution in [0.5, 0.6) is 0 Å². The molecule has 3 aromatic rings. The molecule has 2 aromatic carbocycles. The maximum Gasteiger partial charge on any atom is 0.322 e. The molecule has 2 amide bonds. The Hall–Kier alpha value is -4.60. The topological polar surface area (TPSA) is 137 Å². The smallest absolute Gasteiger partial charge is 0.322 e. The van der Waals surface area contributed by atoms with Crippen molar-refractivity contribution in [3.63, 3.8) is 0 Å². The van der Waals surface area contributed by atoms with Crippen LogP contribution in [0.2, 0.25) is 0 Å². The van der Waals surface area contributed by atoms with Crippen LogP contribution < -0.4 is 10.6 Å². The Morgan fingerprint density at radius 1 is 0.952 bits per heavy atom. The van der Waals surface area contributed by atoms with E-state index in [9.17, 15) is 14.4 Å². The van der Waals surface area contributed by atoms with E-state index < -0.39 is 30.4 Å². The van der Waals surface area contributed by atoms with Crippen LogP contribution in [0.3, 0.4) is 0 Å². The highest BCUT2D eigenvalue weighted by Gasteiger charge is 2.30. The average Bonchev–Trinajstić information content (AvgIpc) is 3.47. The first-order valence-corrected chi connectivity index (χ1v) is 14.0.